The fourth-order valence-electron chi connectivity index (χ4n) is 2.66. The molecular weight excluding hydrogens is 370 g/mol. The molecule has 0 saturated carbocycles. The number of benzene rings is 1. The van der Waals surface area contributed by atoms with Crippen molar-refractivity contribution in [1.29, 1.82) is 0 Å². The van der Waals surface area contributed by atoms with Gasteiger partial charge in [-0.25, -0.2) is 4.98 Å². The summed E-state index contributed by atoms with van der Waals surface area (Å²) in [4.78, 5) is 41.2. The number of amides is 1. The number of hydrogen-bond acceptors (Lipinski definition) is 5. The van der Waals surface area contributed by atoms with Crippen molar-refractivity contribution in [2.45, 2.75) is 12.5 Å². The summed E-state index contributed by atoms with van der Waals surface area (Å²) < 4.78 is 5.98. The molecule has 0 bridgehead atoms. The zero-order valence-electron chi connectivity index (χ0n) is 14.4. The van der Waals surface area contributed by atoms with Gasteiger partial charge in [0.05, 0.1) is 19.6 Å². The number of halogens is 1. The van der Waals surface area contributed by atoms with Crippen molar-refractivity contribution in [3.63, 3.8) is 0 Å². The van der Waals surface area contributed by atoms with Gasteiger partial charge in [0.1, 0.15) is 11.2 Å². The van der Waals surface area contributed by atoms with Crippen LogP contribution in [0.5, 0.6) is 0 Å². The third kappa shape index (κ3) is 3.98. The molecule has 0 aliphatic carbocycles. The molecule has 1 amide bonds. The first-order valence-corrected chi connectivity index (χ1v) is 8.47. The molecule has 0 aliphatic heterocycles. The lowest BCUT2D eigenvalue weighted by atomic mass is 10.0. The van der Waals surface area contributed by atoms with Crippen LogP contribution < -0.4 is 10.9 Å². The Kier molecular flexibility index (Phi) is 5.52. The molecule has 3 aromatic rings. The predicted molar refractivity (Wildman–Crippen MR) is 99.8 cm³/mol. The largest absolute Gasteiger partial charge is 0.469 e. The fourth-order valence-corrected chi connectivity index (χ4v) is 2.93. The molecule has 27 heavy (non-hydrogen) atoms. The number of methoxy groups -OCH3 is 1. The number of carbonyl (C=O) groups is 2. The summed E-state index contributed by atoms with van der Waals surface area (Å²) in [5.41, 5.74) is 0.331. The van der Waals surface area contributed by atoms with Crippen LogP contribution in [0.4, 0.5) is 0 Å². The van der Waals surface area contributed by atoms with Crippen LogP contribution in [-0.4, -0.2) is 28.4 Å². The summed E-state index contributed by atoms with van der Waals surface area (Å²) in [5, 5.41) is 3.07. The van der Waals surface area contributed by atoms with E-state index in [1.807, 2.05) is 0 Å². The van der Waals surface area contributed by atoms with Crippen molar-refractivity contribution < 1.29 is 14.3 Å². The van der Waals surface area contributed by atoms with E-state index in [1.54, 1.807) is 42.5 Å². The number of nitrogens with one attached hydrogen (secondary N) is 1. The van der Waals surface area contributed by atoms with Crippen molar-refractivity contribution in [2.75, 3.05) is 7.11 Å². The Labute approximate surface area is 159 Å². The van der Waals surface area contributed by atoms with Gasteiger partial charge in [-0.2, -0.15) is 0 Å². The molecule has 2 heterocycles. The monoisotopic (exact) mass is 385 g/mol. The number of carbonyl (C=O) groups excluding carboxylic acids is 2. The topological polar surface area (TPSA) is 89.8 Å². The molecule has 0 saturated heterocycles. The van der Waals surface area contributed by atoms with E-state index in [2.05, 4.69) is 10.3 Å². The number of rotatable bonds is 5. The average molecular weight is 386 g/mol. The SMILES string of the molecule is COC(=O)CC(NC(=O)c1cnc2ccccn2c1=O)c1ccccc1Cl. The van der Waals surface area contributed by atoms with Gasteiger partial charge >= 0.3 is 5.97 Å². The number of hydrogen-bond donors (Lipinski definition) is 1. The van der Waals surface area contributed by atoms with Gasteiger partial charge in [0.2, 0.25) is 0 Å². The van der Waals surface area contributed by atoms with Crippen LogP contribution in [-0.2, 0) is 9.53 Å². The molecule has 1 N–H and O–H groups in total. The highest BCUT2D eigenvalue weighted by atomic mass is 35.5. The lowest BCUT2D eigenvalue weighted by molar-refractivity contribution is -0.141. The third-order valence-electron chi connectivity index (χ3n) is 4.04. The average Bonchev–Trinajstić information content (AvgIpc) is 2.68. The molecule has 8 heteroatoms. The summed E-state index contributed by atoms with van der Waals surface area (Å²) in [5.74, 6) is -1.17. The van der Waals surface area contributed by atoms with Gasteiger partial charge in [0.25, 0.3) is 11.5 Å². The van der Waals surface area contributed by atoms with E-state index in [0.717, 1.165) is 0 Å². The van der Waals surface area contributed by atoms with E-state index in [0.29, 0.717) is 16.2 Å². The van der Waals surface area contributed by atoms with E-state index < -0.39 is 23.5 Å². The van der Waals surface area contributed by atoms with Crippen molar-refractivity contribution in [3.05, 3.63) is 81.4 Å². The van der Waals surface area contributed by atoms with Crippen molar-refractivity contribution >= 4 is 29.1 Å². The first-order valence-electron chi connectivity index (χ1n) is 8.09. The minimum absolute atomic E-state index is 0.131. The number of fused-ring (bicyclic) bond motifs is 1. The lowest BCUT2D eigenvalue weighted by Crippen LogP contribution is -2.35. The normalized spacial score (nSPS) is 11.8. The minimum atomic E-state index is -0.755. The maximum absolute atomic E-state index is 12.7. The number of nitrogens with zero attached hydrogens (tertiary/aromatic N) is 2. The summed E-state index contributed by atoms with van der Waals surface area (Å²) in [6.45, 7) is 0. The summed E-state index contributed by atoms with van der Waals surface area (Å²) >= 11 is 6.20. The molecule has 1 aromatic carbocycles. The van der Waals surface area contributed by atoms with Gasteiger partial charge in [0.15, 0.2) is 0 Å². The number of pyridine rings is 1. The highest BCUT2D eigenvalue weighted by molar-refractivity contribution is 6.31. The molecule has 3 rings (SSSR count). The predicted octanol–water partition coefficient (Wildman–Crippen LogP) is 2.38. The van der Waals surface area contributed by atoms with Crippen molar-refractivity contribution in [3.8, 4) is 0 Å². The Morgan fingerprint density at radius 3 is 2.70 bits per heavy atom. The second-order valence-electron chi connectivity index (χ2n) is 5.73. The van der Waals surface area contributed by atoms with E-state index in [9.17, 15) is 14.4 Å². The number of ether oxygens (including phenoxy) is 1. The van der Waals surface area contributed by atoms with Gasteiger partial charge in [-0.15, -0.1) is 0 Å². The van der Waals surface area contributed by atoms with Gasteiger partial charge < -0.3 is 10.1 Å². The first kappa shape index (κ1) is 18.6. The van der Waals surface area contributed by atoms with Crippen LogP contribution in [0.25, 0.3) is 5.65 Å². The van der Waals surface area contributed by atoms with Crippen molar-refractivity contribution in [2.24, 2.45) is 0 Å². The standard InChI is InChI=1S/C19H16ClN3O4/c1-27-17(24)10-15(12-6-2-3-7-14(12)20)22-18(25)13-11-21-16-8-4-5-9-23(16)19(13)26/h2-9,11,15H,10H2,1H3,(H,22,25). The van der Waals surface area contributed by atoms with Crippen molar-refractivity contribution in [1.82, 2.24) is 14.7 Å². The second-order valence-corrected chi connectivity index (χ2v) is 6.14. The van der Waals surface area contributed by atoms with Gasteiger partial charge in [-0.05, 0) is 23.8 Å². The van der Waals surface area contributed by atoms with Crippen LogP contribution in [0, 0.1) is 0 Å². The van der Waals surface area contributed by atoms with Gasteiger partial charge in [0, 0.05) is 17.4 Å². The molecule has 0 spiro atoms. The van der Waals surface area contributed by atoms with Crippen LogP contribution in [0.1, 0.15) is 28.4 Å². The molecule has 0 radical (unpaired) electrons. The van der Waals surface area contributed by atoms with E-state index >= 15 is 0 Å². The summed E-state index contributed by atoms with van der Waals surface area (Å²) in [6.07, 6.45) is 2.62. The Bertz CT molecular complexity index is 1060. The van der Waals surface area contributed by atoms with Gasteiger partial charge in [-0.3, -0.25) is 18.8 Å². The van der Waals surface area contributed by atoms with E-state index in [1.165, 1.54) is 23.9 Å². The van der Waals surface area contributed by atoms with E-state index in [-0.39, 0.29) is 12.0 Å². The summed E-state index contributed by atoms with van der Waals surface area (Å²) in [7, 11) is 1.26. The van der Waals surface area contributed by atoms with Crippen LogP contribution in [0.2, 0.25) is 5.02 Å². The Morgan fingerprint density at radius 2 is 1.96 bits per heavy atom. The zero-order valence-corrected chi connectivity index (χ0v) is 15.1. The fraction of sp³-hybridized carbons (Fsp3) is 0.158. The van der Waals surface area contributed by atoms with Crippen LogP contribution in [0.15, 0.2) is 59.7 Å². The Balaban J connectivity index is 1.95. The molecule has 7 nitrogen and oxygen atoms in total. The second kappa shape index (κ2) is 8.01. The van der Waals surface area contributed by atoms with Gasteiger partial charge in [-0.1, -0.05) is 35.9 Å². The molecule has 138 valence electrons. The van der Waals surface area contributed by atoms with Crippen LogP contribution >= 0.6 is 11.6 Å². The Hall–Kier alpha value is -3.19. The quantitative estimate of drug-likeness (QED) is 0.681. The molecule has 1 unspecified atom stereocenters. The molecule has 2 aromatic heterocycles. The lowest BCUT2D eigenvalue weighted by Gasteiger charge is -2.19. The molecule has 0 aliphatic rings. The number of esters is 1. The highest BCUT2D eigenvalue weighted by Gasteiger charge is 2.23. The maximum Gasteiger partial charge on any atom is 0.307 e. The highest BCUT2D eigenvalue weighted by Crippen LogP contribution is 2.25. The smallest absolute Gasteiger partial charge is 0.307 e. The minimum Gasteiger partial charge on any atom is -0.469 e. The number of aromatic nitrogens is 2. The third-order valence-corrected chi connectivity index (χ3v) is 4.39. The van der Waals surface area contributed by atoms with Crippen LogP contribution in [0.3, 0.4) is 0 Å². The zero-order chi connectivity index (χ0) is 19.4. The molecule has 0 fully saturated rings. The summed E-state index contributed by atoms with van der Waals surface area (Å²) in [6, 6.07) is 11.1. The molecule has 1 atom stereocenters. The maximum atomic E-state index is 12.7. The Morgan fingerprint density at radius 1 is 1.22 bits per heavy atom. The first-order chi connectivity index (χ1) is 13.0. The van der Waals surface area contributed by atoms with E-state index in [4.69, 9.17) is 16.3 Å². The molecular formula is C19H16ClN3O4.